The van der Waals surface area contributed by atoms with Crippen LogP contribution in [-0.4, -0.2) is 70.8 Å². The number of hydrogen-bond acceptors (Lipinski definition) is 5. The van der Waals surface area contributed by atoms with Gasteiger partial charge in [0.15, 0.2) is 17.5 Å². The smallest absolute Gasteiger partial charge is 0.224 e. The van der Waals surface area contributed by atoms with Crippen molar-refractivity contribution in [3.8, 4) is 11.5 Å². The summed E-state index contributed by atoms with van der Waals surface area (Å²) in [6, 6.07) is 16.1. The third kappa shape index (κ3) is 7.69. The van der Waals surface area contributed by atoms with Crippen molar-refractivity contribution < 1.29 is 14.3 Å². The van der Waals surface area contributed by atoms with E-state index >= 15 is 0 Å². The molecule has 8 nitrogen and oxygen atoms in total. The van der Waals surface area contributed by atoms with E-state index in [0.29, 0.717) is 37.0 Å². The normalized spacial score (nSPS) is 13.7. The Morgan fingerprint density at radius 2 is 1.67 bits per heavy atom. The van der Waals surface area contributed by atoms with Crippen LogP contribution in [0, 0.1) is 0 Å². The molecule has 0 saturated carbocycles. The lowest BCUT2D eigenvalue weighted by Gasteiger charge is -2.36. The summed E-state index contributed by atoms with van der Waals surface area (Å²) in [6.45, 7) is 4.33. The summed E-state index contributed by atoms with van der Waals surface area (Å²) >= 11 is 0. The van der Waals surface area contributed by atoms with E-state index in [-0.39, 0.29) is 29.9 Å². The van der Waals surface area contributed by atoms with Crippen molar-refractivity contribution in [3.63, 3.8) is 0 Å². The fourth-order valence-electron chi connectivity index (χ4n) is 3.70. The van der Waals surface area contributed by atoms with Crippen molar-refractivity contribution in [2.24, 2.45) is 4.99 Å². The van der Waals surface area contributed by atoms with Crippen molar-refractivity contribution in [1.82, 2.24) is 15.5 Å². The lowest BCUT2D eigenvalue weighted by Crippen LogP contribution is -2.49. The van der Waals surface area contributed by atoms with Crippen molar-refractivity contribution in [3.05, 3.63) is 54.1 Å². The molecule has 1 fully saturated rings. The highest BCUT2D eigenvalue weighted by Crippen LogP contribution is 2.27. The maximum Gasteiger partial charge on any atom is 0.224 e. The number of rotatable bonds is 8. The number of carbonyl (C=O) groups is 1. The molecule has 1 saturated heterocycles. The molecule has 1 aliphatic heterocycles. The van der Waals surface area contributed by atoms with Crippen LogP contribution in [0.5, 0.6) is 11.5 Å². The number of halogens is 1. The average molecular weight is 567 g/mol. The first kappa shape index (κ1) is 26.6. The summed E-state index contributed by atoms with van der Waals surface area (Å²) in [5.41, 5.74) is 2.25. The van der Waals surface area contributed by atoms with Crippen LogP contribution >= 0.6 is 24.0 Å². The zero-order valence-corrected chi connectivity index (χ0v) is 21.9. The molecule has 9 heteroatoms. The van der Waals surface area contributed by atoms with Crippen LogP contribution in [0.2, 0.25) is 0 Å². The van der Waals surface area contributed by atoms with Gasteiger partial charge in [0.1, 0.15) is 0 Å². The van der Waals surface area contributed by atoms with Gasteiger partial charge in [0.2, 0.25) is 5.91 Å². The van der Waals surface area contributed by atoms with Gasteiger partial charge in [-0.25, -0.2) is 0 Å². The Kier molecular flexibility index (Phi) is 11.1. The molecule has 2 aromatic rings. The highest BCUT2D eigenvalue weighted by molar-refractivity contribution is 14.0. The number of benzene rings is 2. The molecule has 0 radical (unpaired) electrons. The molecule has 0 unspecified atom stereocenters. The van der Waals surface area contributed by atoms with Crippen molar-refractivity contribution >= 4 is 41.5 Å². The van der Waals surface area contributed by atoms with E-state index in [9.17, 15) is 4.79 Å². The highest BCUT2D eigenvalue weighted by Gasteiger charge is 2.20. The predicted octanol–water partition coefficient (Wildman–Crippen LogP) is 2.73. The van der Waals surface area contributed by atoms with Crippen LogP contribution in [0.25, 0.3) is 0 Å². The second kappa shape index (κ2) is 13.8. The lowest BCUT2D eigenvalue weighted by atomic mass is 10.2. The van der Waals surface area contributed by atoms with Gasteiger partial charge in [-0.05, 0) is 29.8 Å². The number of anilines is 1. The van der Waals surface area contributed by atoms with E-state index in [0.717, 1.165) is 31.7 Å². The second-order valence-electron chi connectivity index (χ2n) is 7.50. The number of methoxy groups -OCH3 is 2. The average Bonchev–Trinajstić information content (AvgIpc) is 2.86. The SMILES string of the molecule is CN=C(NCCC(=O)N1CCN(c2ccccc2)CC1)NCc1ccc(OC)c(OC)c1.I. The fourth-order valence-corrected chi connectivity index (χ4v) is 3.70. The molecule has 0 atom stereocenters. The molecule has 3 rings (SSSR count). The van der Waals surface area contributed by atoms with Crippen molar-refractivity contribution in [2.45, 2.75) is 13.0 Å². The summed E-state index contributed by atoms with van der Waals surface area (Å²) in [6.07, 6.45) is 0.433. The molecule has 180 valence electrons. The minimum Gasteiger partial charge on any atom is -0.493 e. The van der Waals surface area contributed by atoms with Gasteiger partial charge in [-0.3, -0.25) is 9.79 Å². The van der Waals surface area contributed by atoms with Gasteiger partial charge in [0.25, 0.3) is 0 Å². The van der Waals surface area contributed by atoms with Gasteiger partial charge in [-0.15, -0.1) is 24.0 Å². The van der Waals surface area contributed by atoms with Gasteiger partial charge in [0, 0.05) is 58.4 Å². The van der Waals surface area contributed by atoms with E-state index in [4.69, 9.17) is 9.47 Å². The topological polar surface area (TPSA) is 78.4 Å². The zero-order valence-electron chi connectivity index (χ0n) is 19.5. The number of ether oxygens (including phenoxy) is 2. The third-order valence-corrected chi connectivity index (χ3v) is 5.52. The number of nitrogens with zero attached hydrogens (tertiary/aromatic N) is 3. The molecule has 1 aliphatic rings. The molecular weight excluding hydrogens is 533 g/mol. The van der Waals surface area contributed by atoms with Crippen LogP contribution in [0.3, 0.4) is 0 Å². The number of carbonyl (C=O) groups excluding carboxylic acids is 1. The number of aliphatic imine (C=N–C) groups is 1. The Bertz CT molecular complexity index is 902. The molecule has 0 aliphatic carbocycles. The minimum atomic E-state index is 0. The number of hydrogen-bond donors (Lipinski definition) is 2. The van der Waals surface area contributed by atoms with Crippen molar-refractivity contribution in [2.75, 3.05) is 58.9 Å². The van der Waals surface area contributed by atoms with Crippen LogP contribution in [0.15, 0.2) is 53.5 Å². The predicted molar refractivity (Wildman–Crippen MR) is 143 cm³/mol. The third-order valence-electron chi connectivity index (χ3n) is 5.52. The van der Waals surface area contributed by atoms with Gasteiger partial charge in [-0.2, -0.15) is 0 Å². The second-order valence-corrected chi connectivity index (χ2v) is 7.50. The standard InChI is InChI=1S/C24H33N5O3.HI/c1-25-24(27-18-19-9-10-21(31-2)22(17-19)32-3)26-12-11-23(30)29-15-13-28(14-16-29)20-7-5-4-6-8-20;/h4-10,17H,11-16,18H2,1-3H3,(H2,25,26,27);1H. The maximum atomic E-state index is 12.6. The molecular formula is C24H34IN5O3. The quantitative estimate of drug-likeness (QED) is 0.290. The molecule has 33 heavy (non-hydrogen) atoms. The number of guanidine groups is 1. The van der Waals surface area contributed by atoms with E-state index in [1.807, 2.05) is 41.3 Å². The number of para-hydroxylation sites is 1. The first-order chi connectivity index (χ1) is 15.6. The Balaban J connectivity index is 0.00000385. The van der Waals surface area contributed by atoms with E-state index in [2.05, 4.69) is 32.7 Å². The largest absolute Gasteiger partial charge is 0.493 e. The van der Waals surface area contributed by atoms with Crippen LogP contribution in [0.1, 0.15) is 12.0 Å². The number of amides is 1. The number of nitrogens with one attached hydrogen (secondary N) is 2. The van der Waals surface area contributed by atoms with Crippen LogP contribution in [0.4, 0.5) is 5.69 Å². The molecule has 2 aromatic carbocycles. The fraction of sp³-hybridized carbons (Fsp3) is 0.417. The molecule has 1 amide bonds. The summed E-state index contributed by atoms with van der Waals surface area (Å²) in [5.74, 6) is 2.21. The maximum absolute atomic E-state index is 12.6. The Morgan fingerprint density at radius 3 is 2.30 bits per heavy atom. The summed E-state index contributed by atoms with van der Waals surface area (Å²) in [7, 11) is 4.95. The van der Waals surface area contributed by atoms with Crippen LogP contribution in [-0.2, 0) is 11.3 Å². The van der Waals surface area contributed by atoms with Crippen molar-refractivity contribution in [1.29, 1.82) is 0 Å². The zero-order chi connectivity index (χ0) is 22.8. The summed E-state index contributed by atoms with van der Waals surface area (Å²) in [4.78, 5) is 21.1. The van der Waals surface area contributed by atoms with Gasteiger partial charge < -0.3 is 29.9 Å². The van der Waals surface area contributed by atoms with Gasteiger partial charge in [-0.1, -0.05) is 24.3 Å². The molecule has 1 heterocycles. The molecule has 0 aromatic heterocycles. The minimum absolute atomic E-state index is 0. The summed E-state index contributed by atoms with van der Waals surface area (Å²) in [5, 5.41) is 6.48. The van der Waals surface area contributed by atoms with Gasteiger partial charge >= 0.3 is 0 Å². The highest BCUT2D eigenvalue weighted by atomic mass is 127. The van der Waals surface area contributed by atoms with Crippen LogP contribution < -0.4 is 25.0 Å². The summed E-state index contributed by atoms with van der Waals surface area (Å²) < 4.78 is 10.6. The molecule has 2 N–H and O–H groups in total. The van der Waals surface area contributed by atoms with E-state index in [1.165, 1.54) is 5.69 Å². The Labute approximate surface area is 213 Å². The molecule has 0 spiro atoms. The number of piperazine rings is 1. The monoisotopic (exact) mass is 567 g/mol. The lowest BCUT2D eigenvalue weighted by molar-refractivity contribution is -0.131. The first-order valence-corrected chi connectivity index (χ1v) is 10.9. The Hall–Kier alpha value is -2.69. The Morgan fingerprint density at radius 1 is 0.970 bits per heavy atom. The van der Waals surface area contributed by atoms with Gasteiger partial charge in [0.05, 0.1) is 14.2 Å². The van der Waals surface area contributed by atoms with E-state index < -0.39 is 0 Å². The molecule has 0 bridgehead atoms. The first-order valence-electron chi connectivity index (χ1n) is 10.9. The van der Waals surface area contributed by atoms with E-state index in [1.54, 1.807) is 21.3 Å².